The van der Waals surface area contributed by atoms with Crippen molar-refractivity contribution in [2.45, 2.75) is 40.9 Å². The van der Waals surface area contributed by atoms with Gasteiger partial charge >= 0.3 is 0 Å². The van der Waals surface area contributed by atoms with Gasteiger partial charge in [0, 0.05) is 0 Å². The Labute approximate surface area is 67.8 Å². The topological polar surface area (TPSA) is 0 Å². The molecule has 0 aliphatic carbocycles. The Morgan fingerprint density at radius 3 is 0.700 bits per heavy atom. The SMILES string of the molecule is CB(C)B(B(C)C)B(C)C. The molecule has 0 spiro atoms. The molecule has 0 saturated carbocycles. The summed E-state index contributed by atoms with van der Waals surface area (Å²) in [5.41, 5.74) is 0. The molecule has 0 bridgehead atoms. The Kier molecular flexibility index (Phi) is 4.31. The number of hydrogen-bond donors (Lipinski definition) is 0. The van der Waals surface area contributed by atoms with Crippen LogP contribution in [0.15, 0.2) is 0 Å². The predicted molar refractivity (Wildman–Crippen MR) is 58.2 cm³/mol. The first-order valence-electron chi connectivity index (χ1n) is 4.46. The van der Waals surface area contributed by atoms with Crippen LogP contribution in [0.2, 0.25) is 40.9 Å². The highest BCUT2D eigenvalue weighted by Crippen LogP contribution is 2.01. The van der Waals surface area contributed by atoms with Gasteiger partial charge in [-0.15, -0.1) is 0 Å². The van der Waals surface area contributed by atoms with Gasteiger partial charge in [0.1, 0.15) is 0 Å². The fraction of sp³-hybridized carbons (Fsp3) is 1.00. The van der Waals surface area contributed by atoms with Crippen LogP contribution < -0.4 is 0 Å². The summed E-state index contributed by atoms with van der Waals surface area (Å²) in [6.07, 6.45) is 0.889. The molecule has 0 saturated heterocycles. The first kappa shape index (κ1) is 10.3. The highest BCUT2D eigenvalue weighted by Gasteiger charge is 2.28. The lowest BCUT2D eigenvalue weighted by Gasteiger charge is -2.20. The lowest BCUT2D eigenvalue weighted by Crippen LogP contribution is -2.52. The van der Waals surface area contributed by atoms with Crippen molar-refractivity contribution >= 4 is 26.2 Å². The van der Waals surface area contributed by atoms with Crippen LogP contribution >= 0.6 is 0 Å². The zero-order chi connectivity index (χ0) is 8.31. The standard InChI is InChI=1S/C6H18B4/c1-7(2)10(8(3)4)9(5)6/h1-6H3. The molecule has 0 amide bonds. The van der Waals surface area contributed by atoms with Gasteiger partial charge in [0.15, 0.2) is 0 Å². The zero-order valence-corrected chi connectivity index (χ0v) is 8.31. The van der Waals surface area contributed by atoms with Crippen molar-refractivity contribution in [1.29, 1.82) is 0 Å². The van der Waals surface area contributed by atoms with Crippen molar-refractivity contribution in [3.8, 4) is 0 Å². The summed E-state index contributed by atoms with van der Waals surface area (Å²) in [5, 5.41) is 0. The molecule has 0 aliphatic rings. The van der Waals surface area contributed by atoms with Gasteiger partial charge in [-0.05, 0) is 0 Å². The third kappa shape index (κ3) is 2.90. The van der Waals surface area contributed by atoms with E-state index < -0.39 is 0 Å². The second-order valence-electron chi connectivity index (χ2n) is 4.31. The average Bonchev–Trinajstić information content (AvgIpc) is 1.59. The average molecular weight is 133 g/mol. The van der Waals surface area contributed by atoms with Gasteiger partial charge < -0.3 is 0 Å². The molecule has 10 heavy (non-hydrogen) atoms. The van der Waals surface area contributed by atoms with Gasteiger partial charge in [0.25, 0.3) is 0 Å². The molecule has 0 radical (unpaired) electrons. The third-order valence-electron chi connectivity index (χ3n) is 2.31. The summed E-state index contributed by atoms with van der Waals surface area (Å²) in [7, 11) is 0. The van der Waals surface area contributed by atoms with Crippen molar-refractivity contribution in [2.24, 2.45) is 0 Å². The summed E-state index contributed by atoms with van der Waals surface area (Å²) >= 11 is 0. The van der Waals surface area contributed by atoms with E-state index >= 15 is 0 Å². The monoisotopic (exact) mass is 134 g/mol. The number of hydrogen-bond acceptors (Lipinski definition) is 0. The molecular formula is C6H18B4. The van der Waals surface area contributed by atoms with Gasteiger partial charge in [-0.2, -0.15) is 0 Å². The Balaban J connectivity index is 3.98. The normalized spacial score (nSPS) is 9.00. The highest BCUT2D eigenvalue weighted by atomic mass is 13.4. The Morgan fingerprint density at radius 2 is 0.700 bits per heavy atom. The molecule has 0 atom stereocenters. The van der Waals surface area contributed by atoms with Crippen LogP contribution in [0.1, 0.15) is 0 Å². The van der Waals surface area contributed by atoms with E-state index in [0.717, 1.165) is 26.2 Å². The maximum atomic E-state index is 2.32. The van der Waals surface area contributed by atoms with Gasteiger partial charge in [-0.3, -0.25) is 0 Å². The minimum Gasteiger partial charge on any atom is -0.0936 e. The molecule has 0 N–H and O–H groups in total. The van der Waals surface area contributed by atoms with Crippen molar-refractivity contribution in [1.82, 2.24) is 0 Å². The minimum atomic E-state index is 0.833. The summed E-state index contributed by atoms with van der Waals surface area (Å²) in [6.45, 7) is 16.4. The molecule has 54 valence electrons. The van der Waals surface area contributed by atoms with Gasteiger partial charge in [-0.1, -0.05) is 40.9 Å². The largest absolute Gasteiger partial charge is 0.0936 e. The second kappa shape index (κ2) is 4.20. The fourth-order valence-corrected chi connectivity index (χ4v) is 2.31. The maximum absolute atomic E-state index is 2.32. The second-order valence-corrected chi connectivity index (χ2v) is 4.31. The molecule has 0 aliphatic heterocycles. The van der Waals surface area contributed by atoms with Gasteiger partial charge in [-0.25, -0.2) is 0 Å². The van der Waals surface area contributed by atoms with Crippen LogP contribution in [-0.4, -0.2) is 26.2 Å². The summed E-state index contributed by atoms with van der Waals surface area (Å²) in [5.74, 6) is 0. The molecule has 0 aromatic heterocycles. The zero-order valence-electron chi connectivity index (χ0n) is 8.31. The Bertz CT molecular complexity index is 70.7. The quantitative estimate of drug-likeness (QED) is 0.517. The van der Waals surface area contributed by atoms with E-state index in [2.05, 4.69) is 40.9 Å². The van der Waals surface area contributed by atoms with Crippen molar-refractivity contribution in [3.63, 3.8) is 0 Å². The van der Waals surface area contributed by atoms with E-state index in [9.17, 15) is 0 Å². The molecule has 0 heterocycles. The van der Waals surface area contributed by atoms with Crippen LogP contribution in [0.3, 0.4) is 0 Å². The van der Waals surface area contributed by atoms with Crippen molar-refractivity contribution in [3.05, 3.63) is 0 Å². The molecule has 0 aromatic carbocycles. The van der Waals surface area contributed by atoms with Crippen molar-refractivity contribution < 1.29 is 0 Å². The molecule has 4 heteroatoms. The summed E-state index contributed by atoms with van der Waals surface area (Å²) in [4.78, 5) is 0. The van der Waals surface area contributed by atoms with Crippen LogP contribution in [0, 0.1) is 0 Å². The van der Waals surface area contributed by atoms with Crippen LogP contribution in [-0.2, 0) is 0 Å². The Morgan fingerprint density at radius 1 is 0.500 bits per heavy atom. The van der Waals surface area contributed by atoms with E-state index in [4.69, 9.17) is 0 Å². The Hall–Kier alpha value is 0.260. The van der Waals surface area contributed by atoms with E-state index in [1.807, 2.05) is 0 Å². The van der Waals surface area contributed by atoms with Crippen molar-refractivity contribution in [2.75, 3.05) is 0 Å². The molecule has 0 aromatic rings. The summed E-state index contributed by atoms with van der Waals surface area (Å²) < 4.78 is 0. The number of rotatable bonds is 3. The van der Waals surface area contributed by atoms with Crippen LogP contribution in [0.5, 0.6) is 0 Å². The van der Waals surface area contributed by atoms with E-state index in [-0.39, 0.29) is 0 Å². The molecule has 0 fully saturated rings. The lowest BCUT2D eigenvalue weighted by atomic mass is 8.75. The fourth-order valence-electron chi connectivity index (χ4n) is 2.31. The minimum absolute atomic E-state index is 0.833. The van der Waals surface area contributed by atoms with Crippen LogP contribution in [0.25, 0.3) is 0 Å². The predicted octanol–water partition coefficient (Wildman–Crippen LogP) is 1.98. The maximum Gasteiger partial charge on any atom is 0.0866 e. The van der Waals surface area contributed by atoms with E-state index in [0.29, 0.717) is 0 Å². The molecular weight excluding hydrogens is 115 g/mol. The molecule has 0 nitrogen and oxygen atoms in total. The highest BCUT2D eigenvalue weighted by molar-refractivity contribution is 7.70. The van der Waals surface area contributed by atoms with Gasteiger partial charge in [0.2, 0.25) is 0 Å². The first-order valence-corrected chi connectivity index (χ1v) is 4.46. The third-order valence-corrected chi connectivity index (χ3v) is 2.31. The smallest absolute Gasteiger partial charge is 0.0866 e. The summed E-state index contributed by atoms with van der Waals surface area (Å²) in [6, 6.07) is 0. The first-order chi connectivity index (χ1) is 4.46. The molecule has 0 unspecified atom stereocenters. The van der Waals surface area contributed by atoms with E-state index in [1.165, 1.54) is 0 Å². The van der Waals surface area contributed by atoms with Crippen LogP contribution in [0.4, 0.5) is 0 Å². The van der Waals surface area contributed by atoms with Gasteiger partial charge in [0.05, 0.1) is 26.2 Å². The molecule has 0 rings (SSSR count). The lowest BCUT2D eigenvalue weighted by molar-refractivity contribution is 2.02. The van der Waals surface area contributed by atoms with E-state index in [1.54, 1.807) is 0 Å².